The number of unbranched alkanes of at least 4 members (excludes halogenated alkanes) is 2. The number of carbonyl (C=O) groups excluding carboxylic acids is 2. The third-order valence-corrected chi connectivity index (χ3v) is 3.69. The van der Waals surface area contributed by atoms with Crippen LogP contribution in [-0.2, 0) is 14.3 Å². The molecule has 1 unspecified atom stereocenters. The average molecular weight is 336 g/mol. The van der Waals surface area contributed by atoms with Crippen molar-refractivity contribution in [2.75, 3.05) is 18.5 Å². The smallest absolute Gasteiger partial charge is 0.256 e. The molecular weight excluding hydrogens is 308 g/mol. The molecule has 0 heterocycles. The molecule has 0 aliphatic rings. The zero-order valence-corrected chi connectivity index (χ0v) is 14.8. The van der Waals surface area contributed by atoms with E-state index in [0.29, 0.717) is 24.5 Å². The third kappa shape index (κ3) is 6.58. The van der Waals surface area contributed by atoms with Gasteiger partial charge in [-0.3, -0.25) is 9.59 Å². The van der Waals surface area contributed by atoms with Gasteiger partial charge in [-0.15, -0.1) is 0 Å². The molecule has 0 radical (unpaired) electrons. The van der Waals surface area contributed by atoms with Gasteiger partial charge in [0.1, 0.15) is 11.4 Å². The molecular formula is C18H28N2O4. The predicted molar refractivity (Wildman–Crippen MR) is 93.9 cm³/mol. The van der Waals surface area contributed by atoms with Crippen molar-refractivity contribution in [3.8, 4) is 5.75 Å². The van der Waals surface area contributed by atoms with Gasteiger partial charge in [-0.1, -0.05) is 26.2 Å². The first-order valence-electron chi connectivity index (χ1n) is 8.38. The van der Waals surface area contributed by atoms with E-state index in [1.807, 2.05) is 13.8 Å². The molecule has 134 valence electrons. The first-order chi connectivity index (χ1) is 11.4. The van der Waals surface area contributed by atoms with Crippen LogP contribution in [0.2, 0.25) is 0 Å². The van der Waals surface area contributed by atoms with Crippen molar-refractivity contribution in [1.82, 2.24) is 0 Å². The summed E-state index contributed by atoms with van der Waals surface area (Å²) in [6, 6.07) is 6.78. The Morgan fingerprint density at radius 3 is 2.38 bits per heavy atom. The summed E-state index contributed by atoms with van der Waals surface area (Å²) in [4.78, 5) is 23.3. The second-order valence-corrected chi connectivity index (χ2v) is 5.85. The predicted octanol–water partition coefficient (Wildman–Crippen LogP) is 2.86. The minimum Gasteiger partial charge on any atom is -0.484 e. The third-order valence-electron chi connectivity index (χ3n) is 3.69. The molecule has 24 heavy (non-hydrogen) atoms. The molecule has 1 rings (SSSR count). The van der Waals surface area contributed by atoms with Crippen LogP contribution in [0.25, 0.3) is 0 Å². The van der Waals surface area contributed by atoms with E-state index in [1.54, 1.807) is 24.3 Å². The van der Waals surface area contributed by atoms with Crippen LogP contribution < -0.4 is 15.8 Å². The summed E-state index contributed by atoms with van der Waals surface area (Å²) in [7, 11) is 0. The molecule has 0 fully saturated rings. The monoisotopic (exact) mass is 336 g/mol. The summed E-state index contributed by atoms with van der Waals surface area (Å²) in [6.45, 7) is 6.14. The van der Waals surface area contributed by atoms with Crippen LogP contribution in [-0.4, -0.2) is 30.6 Å². The topological polar surface area (TPSA) is 90.7 Å². The van der Waals surface area contributed by atoms with Gasteiger partial charge in [0.15, 0.2) is 6.61 Å². The molecule has 1 aromatic rings. The van der Waals surface area contributed by atoms with E-state index in [2.05, 4.69) is 12.2 Å². The normalized spacial score (nSPS) is 13.1. The lowest BCUT2D eigenvalue weighted by molar-refractivity contribution is -0.139. The highest BCUT2D eigenvalue weighted by atomic mass is 16.5. The fraction of sp³-hybridized carbons (Fsp3) is 0.556. The standard InChI is InChI=1S/C18H28N2O4/c1-4-6-7-12-18(3,24-5-2)17(22)20-14-8-10-15(11-9-14)23-13-16(19)21/h8-11H,4-7,12-13H2,1-3H3,(H2,19,21)(H,20,22). The minimum atomic E-state index is -0.842. The Hall–Kier alpha value is -2.08. The summed E-state index contributed by atoms with van der Waals surface area (Å²) in [5.74, 6) is -0.180. The molecule has 1 aromatic carbocycles. The number of hydrogen-bond donors (Lipinski definition) is 2. The largest absolute Gasteiger partial charge is 0.484 e. The summed E-state index contributed by atoms with van der Waals surface area (Å²) >= 11 is 0. The Morgan fingerprint density at radius 2 is 1.83 bits per heavy atom. The van der Waals surface area contributed by atoms with Gasteiger partial charge in [0, 0.05) is 12.3 Å². The van der Waals surface area contributed by atoms with Crippen LogP contribution in [0.15, 0.2) is 24.3 Å². The number of rotatable bonds is 11. The van der Waals surface area contributed by atoms with Gasteiger partial charge in [-0.25, -0.2) is 0 Å². The van der Waals surface area contributed by atoms with Crippen molar-refractivity contribution < 1.29 is 19.1 Å². The van der Waals surface area contributed by atoms with Gasteiger partial charge in [0.2, 0.25) is 0 Å². The molecule has 0 saturated carbocycles. The molecule has 0 aromatic heterocycles. The van der Waals surface area contributed by atoms with Gasteiger partial charge in [0.05, 0.1) is 0 Å². The van der Waals surface area contributed by atoms with E-state index in [1.165, 1.54) is 0 Å². The van der Waals surface area contributed by atoms with E-state index in [9.17, 15) is 9.59 Å². The van der Waals surface area contributed by atoms with Gasteiger partial charge >= 0.3 is 0 Å². The molecule has 6 nitrogen and oxygen atoms in total. The number of amides is 2. The molecule has 0 aliphatic heterocycles. The van der Waals surface area contributed by atoms with Gasteiger partial charge in [0.25, 0.3) is 11.8 Å². The quantitative estimate of drug-likeness (QED) is 0.608. The van der Waals surface area contributed by atoms with Crippen LogP contribution in [0.1, 0.15) is 46.5 Å². The Balaban J connectivity index is 2.67. The van der Waals surface area contributed by atoms with Crippen molar-refractivity contribution >= 4 is 17.5 Å². The number of ether oxygens (including phenoxy) is 2. The zero-order valence-electron chi connectivity index (χ0n) is 14.8. The highest BCUT2D eigenvalue weighted by Gasteiger charge is 2.33. The van der Waals surface area contributed by atoms with Crippen LogP contribution in [0.3, 0.4) is 0 Å². The van der Waals surface area contributed by atoms with Crippen molar-refractivity contribution in [3.63, 3.8) is 0 Å². The molecule has 0 aliphatic carbocycles. The first kappa shape index (κ1) is 20.0. The highest BCUT2D eigenvalue weighted by Crippen LogP contribution is 2.23. The van der Waals surface area contributed by atoms with E-state index in [4.69, 9.17) is 15.2 Å². The van der Waals surface area contributed by atoms with Gasteiger partial charge < -0.3 is 20.5 Å². The fourth-order valence-corrected chi connectivity index (χ4v) is 2.33. The fourth-order valence-electron chi connectivity index (χ4n) is 2.33. The van der Waals surface area contributed by atoms with Crippen LogP contribution in [0.5, 0.6) is 5.75 Å². The Kier molecular flexibility index (Phi) is 8.26. The van der Waals surface area contributed by atoms with E-state index < -0.39 is 11.5 Å². The summed E-state index contributed by atoms with van der Waals surface area (Å²) in [6.07, 6.45) is 3.79. The van der Waals surface area contributed by atoms with Crippen LogP contribution in [0.4, 0.5) is 5.69 Å². The van der Waals surface area contributed by atoms with Gasteiger partial charge in [-0.2, -0.15) is 0 Å². The average Bonchev–Trinajstić information content (AvgIpc) is 2.54. The maximum absolute atomic E-state index is 12.6. The lowest BCUT2D eigenvalue weighted by Crippen LogP contribution is -2.42. The molecule has 6 heteroatoms. The van der Waals surface area contributed by atoms with E-state index in [0.717, 1.165) is 19.3 Å². The van der Waals surface area contributed by atoms with Crippen molar-refractivity contribution in [2.24, 2.45) is 5.73 Å². The molecule has 3 N–H and O–H groups in total. The number of primary amides is 1. The second-order valence-electron chi connectivity index (χ2n) is 5.85. The second kappa shape index (κ2) is 9.93. The molecule has 1 atom stereocenters. The van der Waals surface area contributed by atoms with Crippen LogP contribution >= 0.6 is 0 Å². The van der Waals surface area contributed by atoms with E-state index in [-0.39, 0.29) is 12.5 Å². The van der Waals surface area contributed by atoms with Crippen LogP contribution in [0, 0.1) is 0 Å². The van der Waals surface area contributed by atoms with Crippen molar-refractivity contribution in [3.05, 3.63) is 24.3 Å². The number of benzene rings is 1. The molecule has 0 saturated heterocycles. The van der Waals surface area contributed by atoms with E-state index >= 15 is 0 Å². The lowest BCUT2D eigenvalue weighted by atomic mass is 9.96. The summed E-state index contributed by atoms with van der Waals surface area (Å²) < 4.78 is 10.9. The highest BCUT2D eigenvalue weighted by molar-refractivity contribution is 5.97. The lowest BCUT2D eigenvalue weighted by Gasteiger charge is -2.28. The van der Waals surface area contributed by atoms with Crippen molar-refractivity contribution in [1.29, 1.82) is 0 Å². The maximum atomic E-state index is 12.6. The SMILES string of the molecule is CCCCCC(C)(OCC)C(=O)Nc1ccc(OCC(N)=O)cc1. The Bertz CT molecular complexity index is 530. The minimum absolute atomic E-state index is 0.161. The molecule has 2 amide bonds. The number of carbonyl (C=O) groups is 2. The number of hydrogen-bond acceptors (Lipinski definition) is 4. The first-order valence-corrected chi connectivity index (χ1v) is 8.38. The molecule has 0 bridgehead atoms. The number of nitrogens with one attached hydrogen (secondary N) is 1. The Labute approximate surface area is 143 Å². The number of nitrogens with two attached hydrogens (primary N) is 1. The number of anilines is 1. The van der Waals surface area contributed by atoms with Crippen molar-refractivity contribution in [2.45, 2.75) is 52.1 Å². The maximum Gasteiger partial charge on any atom is 0.256 e. The van der Waals surface area contributed by atoms with Gasteiger partial charge in [-0.05, 0) is 44.5 Å². The Morgan fingerprint density at radius 1 is 1.17 bits per heavy atom. The summed E-state index contributed by atoms with van der Waals surface area (Å²) in [5, 5.41) is 2.88. The molecule has 0 spiro atoms. The summed E-state index contributed by atoms with van der Waals surface area (Å²) in [5.41, 5.74) is 4.83. The zero-order chi connectivity index (χ0) is 18.0.